The van der Waals surface area contributed by atoms with Gasteiger partial charge in [-0.05, 0) is 12.0 Å². The van der Waals surface area contributed by atoms with E-state index in [2.05, 4.69) is 39.8 Å². The van der Waals surface area contributed by atoms with Crippen LogP contribution in [0.1, 0.15) is 23.8 Å². The fourth-order valence-electron chi connectivity index (χ4n) is 1.95. The predicted molar refractivity (Wildman–Crippen MR) is 65.1 cm³/mol. The van der Waals surface area contributed by atoms with Crippen LogP contribution >= 0.6 is 11.6 Å². The second-order valence-electron chi connectivity index (χ2n) is 4.14. The second-order valence-corrected chi connectivity index (χ2v) is 4.41. The summed E-state index contributed by atoms with van der Waals surface area (Å²) in [5.41, 5.74) is 1.35. The quantitative estimate of drug-likeness (QED) is 0.847. The van der Waals surface area contributed by atoms with Crippen LogP contribution in [0, 0.1) is 0 Å². The molecule has 1 aromatic heterocycles. The van der Waals surface area contributed by atoms with E-state index >= 15 is 0 Å². The third-order valence-electron chi connectivity index (χ3n) is 2.91. The van der Waals surface area contributed by atoms with Crippen LogP contribution < -0.4 is 5.32 Å². The highest BCUT2D eigenvalue weighted by Crippen LogP contribution is 2.42. The summed E-state index contributed by atoms with van der Waals surface area (Å²) in [5, 5.41) is 10.9. The Kier molecular flexibility index (Phi) is 2.73. The Balaban J connectivity index is 1.62. The van der Waals surface area contributed by atoms with Crippen molar-refractivity contribution < 1.29 is 4.42 Å². The summed E-state index contributed by atoms with van der Waals surface area (Å²) in [7, 11) is 0. The topological polar surface area (TPSA) is 51.0 Å². The van der Waals surface area contributed by atoms with Gasteiger partial charge in [0.05, 0.1) is 0 Å². The van der Waals surface area contributed by atoms with Crippen molar-refractivity contribution in [1.82, 2.24) is 10.2 Å². The number of hydrogen-bond acceptors (Lipinski definition) is 4. The molecule has 0 bridgehead atoms. The average molecular weight is 250 g/mol. The van der Waals surface area contributed by atoms with Gasteiger partial charge in [0.2, 0.25) is 5.89 Å². The summed E-state index contributed by atoms with van der Waals surface area (Å²) < 4.78 is 5.30. The molecule has 17 heavy (non-hydrogen) atoms. The molecule has 4 nitrogen and oxygen atoms in total. The van der Waals surface area contributed by atoms with E-state index in [-0.39, 0.29) is 5.88 Å². The van der Waals surface area contributed by atoms with Crippen LogP contribution in [0.15, 0.2) is 34.7 Å². The molecule has 0 amide bonds. The number of aromatic nitrogens is 2. The fourth-order valence-corrected chi connectivity index (χ4v) is 2.06. The molecule has 1 aliphatic rings. The van der Waals surface area contributed by atoms with E-state index in [9.17, 15) is 0 Å². The molecule has 1 N–H and O–H groups in total. The van der Waals surface area contributed by atoms with Crippen LogP contribution in [0.25, 0.3) is 0 Å². The number of alkyl halides is 1. The molecule has 0 aliphatic heterocycles. The largest absolute Gasteiger partial charge is 0.407 e. The summed E-state index contributed by atoms with van der Waals surface area (Å²) in [6.07, 6.45) is 1.10. The minimum absolute atomic E-state index is 0.251. The maximum Gasteiger partial charge on any atom is 0.315 e. The third kappa shape index (κ3) is 2.26. The molecule has 2 unspecified atom stereocenters. The lowest BCUT2D eigenvalue weighted by Crippen LogP contribution is -2.04. The highest BCUT2D eigenvalue weighted by atomic mass is 35.5. The molecule has 88 valence electrons. The first-order valence-corrected chi connectivity index (χ1v) is 6.10. The molecule has 0 saturated heterocycles. The van der Waals surface area contributed by atoms with Crippen molar-refractivity contribution in [3.8, 4) is 0 Å². The first kappa shape index (κ1) is 10.6. The fraction of sp³-hybridized carbons (Fsp3) is 0.333. The monoisotopic (exact) mass is 249 g/mol. The highest BCUT2D eigenvalue weighted by Gasteiger charge is 2.39. The van der Waals surface area contributed by atoms with Crippen molar-refractivity contribution in [2.45, 2.75) is 24.3 Å². The first-order valence-electron chi connectivity index (χ1n) is 5.56. The van der Waals surface area contributed by atoms with Crippen LogP contribution in [0.3, 0.4) is 0 Å². The standard InChI is InChI=1S/C12H12ClN3O/c13-7-11-15-16-12(17-11)14-10-6-9(10)8-4-2-1-3-5-8/h1-5,9-10H,6-7H2,(H,14,16). The van der Waals surface area contributed by atoms with Gasteiger partial charge in [-0.1, -0.05) is 35.4 Å². The van der Waals surface area contributed by atoms with Crippen LogP contribution in [0.4, 0.5) is 6.01 Å². The molecule has 1 fully saturated rings. The van der Waals surface area contributed by atoms with Crippen LogP contribution in [-0.4, -0.2) is 16.2 Å². The van der Waals surface area contributed by atoms with Crippen molar-refractivity contribution in [1.29, 1.82) is 0 Å². The van der Waals surface area contributed by atoms with E-state index in [0.717, 1.165) is 6.42 Å². The lowest BCUT2D eigenvalue weighted by molar-refractivity contribution is 0.525. The predicted octanol–water partition coefficient (Wildman–Crippen LogP) is 2.78. The zero-order chi connectivity index (χ0) is 11.7. The third-order valence-corrected chi connectivity index (χ3v) is 3.14. The lowest BCUT2D eigenvalue weighted by atomic mass is 10.1. The number of halogens is 1. The number of nitrogens with zero attached hydrogens (tertiary/aromatic N) is 2. The van der Waals surface area contributed by atoms with Gasteiger partial charge in [0.25, 0.3) is 0 Å². The summed E-state index contributed by atoms with van der Waals surface area (Å²) >= 11 is 5.59. The van der Waals surface area contributed by atoms with Crippen molar-refractivity contribution >= 4 is 17.6 Å². The zero-order valence-corrected chi connectivity index (χ0v) is 9.89. The number of benzene rings is 1. The molecule has 0 spiro atoms. The van der Waals surface area contributed by atoms with E-state index in [1.165, 1.54) is 5.56 Å². The lowest BCUT2D eigenvalue weighted by Gasteiger charge is -2.00. The Morgan fingerprint density at radius 3 is 2.82 bits per heavy atom. The molecule has 3 rings (SSSR count). The van der Waals surface area contributed by atoms with Crippen LogP contribution in [0.2, 0.25) is 0 Å². The van der Waals surface area contributed by atoms with Crippen molar-refractivity contribution in [3.05, 3.63) is 41.8 Å². The van der Waals surface area contributed by atoms with E-state index < -0.39 is 0 Å². The SMILES string of the molecule is ClCc1nnc(NC2CC2c2ccccc2)o1. The summed E-state index contributed by atoms with van der Waals surface area (Å²) in [5.74, 6) is 1.25. The van der Waals surface area contributed by atoms with Gasteiger partial charge in [-0.25, -0.2) is 0 Å². The second kappa shape index (κ2) is 4.37. The Morgan fingerprint density at radius 2 is 2.12 bits per heavy atom. The number of hydrogen-bond donors (Lipinski definition) is 1. The Morgan fingerprint density at radius 1 is 1.29 bits per heavy atom. The molecule has 1 aliphatic carbocycles. The van der Waals surface area contributed by atoms with Crippen LogP contribution in [-0.2, 0) is 5.88 Å². The van der Waals surface area contributed by atoms with Gasteiger partial charge >= 0.3 is 6.01 Å². The summed E-state index contributed by atoms with van der Waals surface area (Å²) in [4.78, 5) is 0. The van der Waals surface area contributed by atoms with Gasteiger partial charge < -0.3 is 9.73 Å². The average Bonchev–Trinajstić information content (AvgIpc) is 2.98. The van der Waals surface area contributed by atoms with Gasteiger partial charge in [-0.2, -0.15) is 0 Å². The molecular formula is C12H12ClN3O. The molecule has 2 atom stereocenters. The van der Waals surface area contributed by atoms with Crippen molar-refractivity contribution in [2.24, 2.45) is 0 Å². The minimum atomic E-state index is 0.251. The Labute approximate surface area is 104 Å². The molecule has 1 heterocycles. The van der Waals surface area contributed by atoms with Crippen molar-refractivity contribution in [3.63, 3.8) is 0 Å². The molecule has 1 saturated carbocycles. The molecule has 1 aromatic carbocycles. The molecular weight excluding hydrogens is 238 g/mol. The normalized spacial score (nSPS) is 22.4. The van der Waals surface area contributed by atoms with Crippen molar-refractivity contribution in [2.75, 3.05) is 5.32 Å². The number of rotatable bonds is 4. The Hall–Kier alpha value is -1.55. The minimum Gasteiger partial charge on any atom is -0.407 e. The first-order chi connectivity index (χ1) is 8.36. The van der Waals surface area contributed by atoms with E-state index in [1.807, 2.05) is 6.07 Å². The van der Waals surface area contributed by atoms with Gasteiger partial charge in [-0.15, -0.1) is 16.7 Å². The number of nitrogens with one attached hydrogen (secondary N) is 1. The zero-order valence-electron chi connectivity index (χ0n) is 9.14. The van der Waals surface area contributed by atoms with Gasteiger partial charge in [0.15, 0.2) is 0 Å². The highest BCUT2D eigenvalue weighted by molar-refractivity contribution is 6.16. The maximum absolute atomic E-state index is 5.59. The van der Waals surface area contributed by atoms with Gasteiger partial charge in [-0.3, -0.25) is 0 Å². The smallest absolute Gasteiger partial charge is 0.315 e. The maximum atomic E-state index is 5.59. The molecule has 0 radical (unpaired) electrons. The van der Waals surface area contributed by atoms with E-state index in [0.29, 0.717) is 23.9 Å². The Bertz CT molecular complexity index is 499. The summed E-state index contributed by atoms with van der Waals surface area (Å²) in [6.45, 7) is 0. The van der Waals surface area contributed by atoms with Crippen LogP contribution in [0.5, 0.6) is 0 Å². The van der Waals surface area contributed by atoms with E-state index in [4.69, 9.17) is 16.0 Å². The number of anilines is 1. The van der Waals surface area contributed by atoms with E-state index in [1.54, 1.807) is 0 Å². The molecule has 5 heteroatoms. The van der Waals surface area contributed by atoms with Gasteiger partial charge in [0, 0.05) is 12.0 Å². The molecule has 2 aromatic rings. The summed E-state index contributed by atoms with van der Waals surface area (Å²) in [6, 6.07) is 11.3. The van der Waals surface area contributed by atoms with Gasteiger partial charge in [0.1, 0.15) is 5.88 Å².